The summed E-state index contributed by atoms with van der Waals surface area (Å²) in [7, 11) is 0. The maximum Gasteiger partial charge on any atom is 0.349 e. The lowest BCUT2D eigenvalue weighted by atomic mass is 10.1. The number of rotatable bonds is 7. The normalized spacial score (nSPS) is 11.1. The van der Waals surface area contributed by atoms with Crippen LogP contribution in [0.5, 0.6) is 0 Å². The molecule has 0 aliphatic carbocycles. The molecule has 0 fully saturated rings. The number of amides is 1. The molecule has 29 heavy (non-hydrogen) atoms. The lowest BCUT2D eigenvalue weighted by Gasteiger charge is -2.08. The first kappa shape index (κ1) is 21.8. The molecule has 8 heteroatoms. The summed E-state index contributed by atoms with van der Waals surface area (Å²) in [6.07, 6.45) is 2.34. The molecule has 1 aromatic heterocycles. The molecule has 0 atom stereocenters. The summed E-state index contributed by atoms with van der Waals surface area (Å²) in [6.45, 7) is 5.93. The molecule has 1 N–H and O–H groups in total. The summed E-state index contributed by atoms with van der Waals surface area (Å²) in [5.41, 5.74) is 1.97. The molecule has 0 saturated heterocycles. The van der Waals surface area contributed by atoms with E-state index in [1.165, 1.54) is 6.08 Å². The fourth-order valence-electron chi connectivity index (χ4n) is 2.82. The minimum atomic E-state index is -0.984. The number of anilines is 1. The molecule has 0 aliphatic rings. The van der Waals surface area contributed by atoms with Crippen LogP contribution in [0.25, 0.3) is 6.08 Å². The van der Waals surface area contributed by atoms with E-state index in [0.29, 0.717) is 5.56 Å². The number of benzene rings is 1. The van der Waals surface area contributed by atoms with Crippen LogP contribution in [0.2, 0.25) is 0 Å². The van der Waals surface area contributed by atoms with Gasteiger partial charge in [0.05, 0.1) is 5.69 Å². The molecular weight excluding hydrogens is 380 g/mol. The molecule has 152 valence electrons. The van der Waals surface area contributed by atoms with Crippen molar-refractivity contribution >= 4 is 23.6 Å². The van der Waals surface area contributed by atoms with E-state index in [4.69, 9.17) is 4.74 Å². The van der Waals surface area contributed by atoms with E-state index >= 15 is 0 Å². The van der Waals surface area contributed by atoms with E-state index in [9.17, 15) is 23.6 Å². The molecule has 2 rings (SSSR count). The molecule has 0 aliphatic heterocycles. The molecule has 0 bridgehead atoms. The van der Waals surface area contributed by atoms with Gasteiger partial charge in [-0.2, -0.15) is 5.26 Å². The Labute approximate surface area is 167 Å². The van der Waals surface area contributed by atoms with E-state index in [1.54, 1.807) is 6.07 Å². The number of nitrogens with zero attached hydrogens (tertiary/aromatic N) is 2. The zero-order chi connectivity index (χ0) is 21.6. The predicted molar refractivity (Wildman–Crippen MR) is 104 cm³/mol. The Balaban J connectivity index is 2.06. The smallest absolute Gasteiger partial charge is 0.349 e. The number of nitriles is 1. The van der Waals surface area contributed by atoms with Crippen LogP contribution in [0, 0.1) is 36.8 Å². The summed E-state index contributed by atoms with van der Waals surface area (Å²) in [4.78, 5) is 24.0. The van der Waals surface area contributed by atoms with Gasteiger partial charge in [0.1, 0.15) is 23.3 Å². The molecule has 0 radical (unpaired) electrons. The number of halogens is 2. The van der Waals surface area contributed by atoms with Crippen molar-refractivity contribution in [2.24, 2.45) is 0 Å². The quantitative estimate of drug-likeness (QED) is 0.434. The highest BCUT2D eigenvalue weighted by molar-refractivity contribution is 6.00. The fourth-order valence-corrected chi connectivity index (χ4v) is 2.82. The topological polar surface area (TPSA) is 84.1 Å². The number of carbonyl (C=O) groups is 2. The molecule has 1 amide bonds. The van der Waals surface area contributed by atoms with Gasteiger partial charge >= 0.3 is 5.97 Å². The molecule has 0 spiro atoms. The third kappa shape index (κ3) is 5.51. The summed E-state index contributed by atoms with van der Waals surface area (Å²) < 4.78 is 33.6. The number of nitrogens with one attached hydrogen (secondary N) is 1. The van der Waals surface area contributed by atoms with Crippen LogP contribution in [0.3, 0.4) is 0 Å². The fraction of sp³-hybridized carbons (Fsp3) is 0.286. The number of aryl methyl sites for hydroxylation is 1. The second-order valence-electron chi connectivity index (χ2n) is 6.40. The average molecular weight is 401 g/mol. The molecule has 2 aromatic rings. The zero-order valence-electron chi connectivity index (χ0n) is 16.4. The van der Waals surface area contributed by atoms with Crippen molar-refractivity contribution < 1.29 is 23.1 Å². The monoisotopic (exact) mass is 401 g/mol. The molecule has 1 aromatic carbocycles. The zero-order valence-corrected chi connectivity index (χ0v) is 16.4. The van der Waals surface area contributed by atoms with Gasteiger partial charge in [-0.25, -0.2) is 13.6 Å². The van der Waals surface area contributed by atoms with Crippen LogP contribution in [0.15, 0.2) is 29.8 Å². The summed E-state index contributed by atoms with van der Waals surface area (Å²) in [6, 6.07) is 6.20. The van der Waals surface area contributed by atoms with Gasteiger partial charge in [0.25, 0.3) is 5.91 Å². The summed E-state index contributed by atoms with van der Waals surface area (Å²) in [5, 5.41) is 11.4. The lowest BCUT2D eigenvalue weighted by Crippen LogP contribution is -2.22. The van der Waals surface area contributed by atoms with Crippen molar-refractivity contribution in [1.82, 2.24) is 4.57 Å². The van der Waals surface area contributed by atoms with Gasteiger partial charge in [-0.05, 0) is 50.1 Å². The van der Waals surface area contributed by atoms with E-state index in [1.807, 2.05) is 26.8 Å². The number of aromatic nitrogens is 1. The van der Waals surface area contributed by atoms with Crippen LogP contribution < -0.4 is 5.32 Å². The largest absolute Gasteiger partial charge is 0.451 e. The third-order valence-corrected chi connectivity index (χ3v) is 4.24. The second-order valence-corrected chi connectivity index (χ2v) is 6.40. The Morgan fingerprint density at radius 1 is 1.28 bits per heavy atom. The molecular formula is C21H21F2N3O3. The maximum atomic E-state index is 13.5. The van der Waals surface area contributed by atoms with Gasteiger partial charge in [0, 0.05) is 24.0 Å². The standard InChI is InChI=1S/C21H21F2N3O3/c1-4-7-26-13(2)8-15(14(26)3)9-16(11-24)21(28)29-12-20(27)25-19-10-17(22)5-6-18(19)23/h5-6,8-10H,4,7,12H2,1-3H3,(H,25,27)/b16-9+. The number of hydrogen-bond donors (Lipinski definition) is 1. The second kappa shape index (κ2) is 9.64. The highest BCUT2D eigenvalue weighted by atomic mass is 19.1. The highest BCUT2D eigenvalue weighted by Gasteiger charge is 2.16. The van der Waals surface area contributed by atoms with Crippen molar-refractivity contribution in [2.45, 2.75) is 33.7 Å². The number of carbonyl (C=O) groups excluding carboxylic acids is 2. The van der Waals surface area contributed by atoms with Crippen molar-refractivity contribution in [3.63, 3.8) is 0 Å². The van der Waals surface area contributed by atoms with Crippen LogP contribution in [0.4, 0.5) is 14.5 Å². The number of esters is 1. The lowest BCUT2D eigenvalue weighted by molar-refractivity contribution is -0.142. The molecule has 0 unspecified atom stereocenters. The van der Waals surface area contributed by atoms with E-state index in [2.05, 4.69) is 9.88 Å². The maximum absolute atomic E-state index is 13.5. The summed E-state index contributed by atoms with van der Waals surface area (Å²) in [5.74, 6) is -3.40. The summed E-state index contributed by atoms with van der Waals surface area (Å²) >= 11 is 0. The van der Waals surface area contributed by atoms with E-state index < -0.39 is 30.1 Å². The van der Waals surface area contributed by atoms with Gasteiger partial charge in [-0.1, -0.05) is 6.92 Å². The van der Waals surface area contributed by atoms with Gasteiger partial charge in [0.2, 0.25) is 0 Å². The number of ether oxygens (including phenoxy) is 1. The highest BCUT2D eigenvalue weighted by Crippen LogP contribution is 2.19. The minimum absolute atomic E-state index is 0.272. The molecule has 6 nitrogen and oxygen atoms in total. The van der Waals surface area contributed by atoms with Crippen molar-refractivity contribution in [3.05, 3.63) is 58.4 Å². The van der Waals surface area contributed by atoms with Crippen LogP contribution in [-0.2, 0) is 20.9 Å². The van der Waals surface area contributed by atoms with Crippen LogP contribution >= 0.6 is 0 Å². The average Bonchev–Trinajstić information content (AvgIpc) is 2.94. The van der Waals surface area contributed by atoms with Crippen LogP contribution in [-0.4, -0.2) is 23.1 Å². The van der Waals surface area contributed by atoms with Gasteiger partial charge < -0.3 is 14.6 Å². The van der Waals surface area contributed by atoms with Gasteiger partial charge in [-0.15, -0.1) is 0 Å². The Kier molecular flexibility index (Phi) is 7.26. The number of hydrogen-bond acceptors (Lipinski definition) is 4. The first-order valence-electron chi connectivity index (χ1n) is 8.97. The van der Waals surface area contributed by atoms with Gasteiger partial charge in [-0.3, -0.25) is 4.79 Å². The van der Waals surface area contributed by atoms with E-state index in [0.717, 1.165) is 42.6 Å². The molecule has 1 heterocycles. The SMILES string of the molecule is CCCn1c(C)cc(/C=C(\C#N)C(=O)OCC(=O)Nc2cc(F)ccc2F)c1C. The Bertz CT molecular complexity index is 1000. The van der Waals surface area contributed by atoms with Crippen molar-refractivity contribution in [1.29, 1.82) is 5.26 Å². The van der Waals surface area contributed by atoms with Crippen molar-refractivity contribution in [3.8, 4) is 6.07 Å². The van der Waals surface area contributed by atoms with Gasteiger partial charge in [0.15, 0.2) is 6.61 Å². The Hall–Kier alpha value is -3.47. The first-order valence-corrected chi connectivity index (χ1v) is 8.97. The Morgan fingerprint density at radius 3 is 2.66 bits per heavy atom. The van der Waals surface area contributed by atoms with Crippen LogP contribution in [0.1, 0.15) is 30.3 Å². The van der Waals surface area contributed by atoms with Crippen molar-refractivity contribution in [2.75, 3.05) is 11.9 Å². The minimum Gasteiger partial charge on any atom is -0.451 e. The predicted octanol–water partition coefficient (Wildman–Crippen LogP) is 3.88. The third-order valence-electron chi connectivity index (χ3n) is 4.24. The Morgan fingerprint density at radius 2 is 2.00 bits per heavy atom. The van der Waals surface area contributed by atoms with E-state index in [-0.39, 0.29) is 11.3 Å². The first-order chi connectivity index (χ1) is 13.8. The molecule has 0 saturated carbocycles.